The molecule has 8 bridgehead atoms. The van der Waals surface area contributed by atoms with Crippen molar-refractivity contribution in [2.75, 3.05) is 0 Å². The van der Waals surface area contributed by atoms with Crippen molar-refractivity contribution in [3.63, 3.8) is 0 Å². The van der Waals surface area contributed by atoms with Gasteiger partial charge < -0.3 is 19.9 Å². The Morgan fingerprint density at radius 3 is 1.05 bits per heavy atom. The van der Waals surface area contributed by atoms with Crippen molar-refractivity contribution in [1.29, 1.82) is 0 Å². The number of aromatic amines is 4. The van der Waals surface area contributed by atoms with Crippen LogP contribution >= 0.6 is 15.9 Å². The lowest BCUT2D eigenvalue weighted by Gasteiger charge is -2.09. The fraction of sp³-hybridized carbons (Fsp3) is 0. The summed E-state index contributed by atoms with van der Waals surface area (Å²) in [5.41, 5.74) is 10.8. The molecule has 1 aliphatic heterocycles. The minimum absolute atomic E-state index is 0.968. The second-order valence-electron chi connectivity index (χ2n) is 10.7. The number of rotatable bonds is 3. The average Bonchev–Trinajstić information content (AvgIpc) is 3.88. The van der Waals surface area contributed by atoms with Gasteiger partial charge in [-0.25, -0.2) is 0 Å². The summed E-state index contributed by atoms with van der Waals surface area (Å²) in [6.07, 6.45) is 0. The lowest BCUT2D eigenvalue weighted by molar-refractivity contribution is 1.19. The SMILES string of the molecule is BrC1=c2ccc([nH]2)=C(c2ccccc2)c2ccc([nH]2)C(c2ccccc2)=c2ccc([nH]2)=C(c2ccccc2)c2ccc1[nH]2. The van der Waals surface area contributed by atoms with Crippen LogP contribution in [0.5, 0.6) is 0 Å². The van der Waals surface area contributed by atoms with E-state index in [1.165, 1.54) is 0 Å². The van der Waals surface area contributed by atoms with E-state index in [0.29, 0.717) is 0 Å². The Morgan fingerprint density at radius 2 is 0.628 bits per heavy atom. The van der Waals surface area contributed by atoms with Gasteiger partial charge in [-0.1, -0.05) is 91.0 Å². The monoisotopic (exact) mass is 618 g/mol. The molecule has 206 valence electrons. The summed E-state index contributed by atoms with van der Waals surface area (Å²) in [4.78, 5) is 15.0. The van der Waals surface area contributed by atoms with Crippen LogP contribution < -0.4 is 21.4 Å². The van der Waals surface area contributed by atoms with E-state index < -0.39 is 0 Å². The second kappa shape index (κ2) is 10.5. The van der Waals surface area contributed by atoms with Crippen molar-refractivity contribution in [1.82, 2.24) is 19.9 Å². The van der Waals surface area contributed by atoms with Gasteiger partial charge in [0.05, 0.1) is 15.5 Å². The molecule has 4 N–H and O–H groups in total. The molecule has 4 aromatic heterocycles. The highest BCUT2D eigenvalue weighted by Crippen LogP contribution is 2.27. The zero-order valence-corrected chi connectivity index (χ0v) is 24.7. The van der Waals surface area contributed by atoms with Crippen LogP contribution in [0.3, 0.4) is 0 Å². The third-order valence-electron chi connectivity index (χ3n) is 8.02. The van der Waals surface area contributed by atoms with Crippen LogP contribution in [0.25, 0.3) is 21.2 Å². The molecule has 0 radical (unpaired) electrons. The molecule has 8 rings (SSSR count). The zero-order chi connectivity index (χ0) is 28.8. The van der Waals surface area contributed by atoms with Gasteiger partial charge in [-0.15, -0.1) is 0 Å². The molecule has 0 amide bonds. The molecule has 0 saturated heterocycles. The Bertz CT molecular complexity index is 2330. The van der Waals surface area contributed by atoms with E-state index >= 15 is 0 Å². The molecule has 5 heteroatoms. The molecular formula is C38H27BrN4. The number of H-pyrrole nitrogens is 4. The first kappa shape index (κ1) is 25.5. The molecule has 43 heavy (non-hydrogen) atoms. The van der Waals surface area contributed by atoms with E-state index in [0.717, 1.165) is 82.1 Å². The molecule has 3 aromatic carbocycles. The van der Waals surface area contributed by atoms with E-state index in [4.69, 9.17) is 0 Å². The molecule has 0 aliphatic carbocycles. The standard InChI is InChI=1S/C38H27BrN4/c39-38-33-22-20-31(42-33)36(25-12-6-2-7-13-25)29-18-16-27(40-29)35(24-10-4-1-5-11-24)28-17-19-30(41-28)37(26-14-8-3-9-15-26)32-21-23-34(38)43-32/h1-23,40-43H. The summed E-state index contributed by atoms with van der Waals surface area (Å²) in [6.45, 7) is 0. The number of hydrogen-bond acceptors (Lipinski definition) is 0. The molecule has 0 unspecified atom stereocenters. The van der Waals surface area contributed by atoms with Crippen molar-refractivity contribution in [3.8, 4) is 0 Å². The fourth-order valence-electron chi connectivity index (χ4n) is 6.04. The van der Waals surface area contributed by atoms with Gasteiger partial charge in [-0.3, -0.25) is 0 Å². The summed E-state index contributed by atoms with van der Waals surface area (Å²) in [7, 11) is 0. The van der Waals surface area contributed by atoms with Crippen molar-refractivity contribution >= 4 is 37.1 Å². The maximum absolute atomic E-state index is 3.90. The Morgan fingerprint density at radius 1 is 0.302 bits per heavy atom. The summed E-state index contributed by atoms with van der Waals surface area (Å²) in [5, 5.41) is 4.11. The number of fused-ring (bicyclic) bond motifs is 8. The minimum atomic E-state index is 0.968. The lowest BCUT2D eigenvalue weighted by Crippen LogP contribution is -2.18. The predicted molar refractivity (Wildman–Crippen MR) is 177 cm³/mol. The molecule has 0 fully saturated rings. The smallest absolute Gasteiger partial charge is 0.0645 e. The first-order valence-corrected chi connectivity index (χ1v) is 15.1. The molecule has 7 aromatic rings. The first-order chi connectivity index (χ1) is 21.2. The Kier molecular flexibility index (Phi) is 6.24. The summed E-state index contributed by atoms with van der Waals surface area (Å²) < 4.78 is 0.968. The lowest BCUT2D eigenvalue weighted by atomic mass is 10.0. The molecule has 0 spiro atoms. The maximum atomic E-state index is 3.90. The predicted octanol–water partition coefficient (Wildman–Crippen LogP) is 5.61. The van der Waals surface area contributed by atoms with Gasteiger partial charge in [0.25, 0.3) is 0 Å². The largest absolute Gasteiger partial charge is 0.354 e. The van der Waals surface area contributed by atoms with Gasteiger partial charge in [0.1, 0.15) is 0 Å². The fourth-order valence-corrected chi connectivity index (χ4v) is 6.50. The number of aromatic nitrogens is 4. The van der Waals surface area contributed by atoms with Gasteiger partial charge in [0.2, 0.25) is 0 Å². The van der Waals surface area contributed by atoms with Crippen LogP contribution in [-0.2, 0) is 0 Å². The van der Waals surface area contributed by atoms with E-state index in [9.17, 15) is 0 Å². The first-order valence-electron chi connectivity index (χ1n) is 14.3. The quantitative estimate of drug-likeness (QED) is 0.199. The highest BCUT2D eigenvalue weighted by molar-refractivity contribution is 9.15. The normalized spacial score (nSPS) is 13.0. The van der Waals surface area contributed by atoms with Crippen molar-refractivity contribution in [3.05, 3.63) is 200 Å². The third kappa shape index (κ3) is 4.55. The van der Waals surface area contributed by atoms with Gasteiger partial charge in [-0.2, -0.15) is 0 Å². The van der Waals surface area contributed by atoms with Gasteiger partial charge >= 0.3 is 0 Å². The molecule has 5 heterocycles. The summed E-state index contributed by atoms with van der Waals surface area (Å²) >= 11 is 3.90. The zero-order valence-electron chi connectivity index (χ0n) is 23.2. The van der Waals surface area contributed by atoms with Crippen LogP contribution in [0.15, 0.2) is 140 Å². The van der Waals surface area contributed by atoms with Crippen LogP contribution in [0.1, 0.15) is 39.5 Å². The van der Waals surface area contributed by atoms with Crippen LogP contribution in [0.2, 0.25) is 0 Å². The van der Waals surface area contributed by atoms with E-state index in [1.807, 2.05) is 0 Å². The summed E-state index contributed by atoms with van der Waals surface area (Å²) in [5.74, 6) is 0. The topological polar surface area (TPSA) is 63.2 Å². The maximum Gasteiger partial charge on any atom is 0.0645 e. The third-order valence-corrected chi connectivity index (χ3v) is 8.87. The van der Waals surface area contributed by atoms with Crippen molar-refractivity contribution in [2.45, 2.75) is 0 Å². The minimum Gasteiger partial charge on any atom is -0.354 e. The van der Waals surface area contributed by atoms with Gasteiger partial charge in [0, 0.05) is 49.8 Å². The van der Waals surface area contributed by atoms with E-state index in [1.54, 1.807) is 0 Å². The number of hydrogen-bond donors (Lipinski definition) is 4. The number of benzene rings is 3. The Balaban J connectivity index is 1.52. The number of halogens is 1. The highest BCUT2D eigenvalue weighted by Gasteiger charge is 2.16. The molecule has 1 aliphatic rings. The van der Waals surface area contributed by atoms with E-state index in [2.05, 4.69) is 175 Å². The van der Waals surface area contributed by atoms with Crippen LogP contribution in [0.4, 0.5) is 0 Å². The molecule has 0 atom stereocenters. The number of nitrogens with one attached hydrogen (secondary N) is 4. The van der Waals surface area contributed by atoms with Crippen molar-refractivity contribution < 1.29 is 0 Å². The van der Waals surface area contributed by atoms with Crippen LogP contribution in [0, 0.1) is 0 Å². The van der Waals surface area contributed by atoms with E-state index in [-0.39, 0.29) is 0 Å². The summed E-state index contributed by atoms with van der Waals surface area (Å²) in [6, 6.07) is 48.9. The average molecular weight is 620 g/mol. The Hall–Kier alpha value is -5.26. The van der Waals surface area contributed by atoms with Gasteiger partial charge in [0.15, 0.2) is 0 Å². The van der Waals surface area contributed by atoms with Crippen molar-refractivity contribution in [2.24, 2.45) is 0 Å². The molecule has 0 saturated carbocycles. The molecular weight excluding hydrogens is 592 g/mol. The second-order valence-corrected chi connectivity index (χ2v) is 11.5. The van der Waals surface area contributed by atoms with Crippen LogP contribution in [-0.4, -0.2) is 19.9 Å². The molecule has 4 nitrogen and oxygen atoms in total. The highest BCUT2D eigenvalue weighted by atomic mass is 79.9. The Labute approximate surface area is 256 Å². The van der Waals surface area contributed by atoms with Gasteiger partial charge in [-0.05, 0) is 81.2 Å².